The maximum atomic E-state index is 15.5. The largest absolute Gasteiger partial charge is 0.477 e. The van der Waals surface area contributed by atoms with Crippen molar-refractivity contribution in [1.29, 1.82) is 0 Å². The average molecular weight is 564 g/mol. The fourth-order valence-electron chi connectivity index (χ4n) is 4.95. The second-order valence-corrected chi connectivity index (χ2v) is 9.94. The first-order chi connectivity index (χ1) is 19.7. The first kappa shape index (κ1) is 27.9. The molecule has 0 aliphatic carbocycles. The van der Waals surface area contributed by atoms with Crippen molar-refractivity contribution in [3.8, 4) is 17.1 Å². The van der Waals surface area contributed by atoms with Crippen LogP contribution in [0, 0.1) is 6.92 Å². The van der Waals surface area contributed by atoms with Gasteiger partial charge in [0.2, 0.25) is 17.7 Å². The fraction of sp³-hybridized carbons (Fsp3) is 0.345. The number of para-hydroxylation sites is 1. The second-order valence-electron chi connectivity index (χ2n) is 9.94. The number of fused-ring (bicyclic) bond motifs is 7. The minimum atomic E-state index is -3.27. The number of halogens is 2. The highest BCUT2D eigenvalue weighted by Gasteiger charge is 2.35. The van der Waals surface area contributed by atoms with E-state index in [0.717, 1.165) is 18.9 Å². The number of aryl methyl sites for hydroxylation is 3. The lowest BCUT2D eigenvalue weighted by Crippen LogP contribution is -2.27. The third-order valence-corrected chi connectivity index (χ3v) is 6.95. The summed E-state index contributed by atoms with van der Waals surface area (Å²) < 4.78 is 40.4. The molecular formula is C29H31F2N7O3. The van der Waals surface area contributed by atoms with Crippen LogP contribution in [-0.4, -0.2) is 49.3 Å². The molecule has 1 aliphatic heterocycles. The number of hydrogen-bond donors (Lipinski definition) is 2. The summed E-state index contributed by atoms with van der Waals surface area (Å²) in [6, 6.07) is 7.82. The van der Waals surface area contributed by atoms with Crippen molar-refractivity contribution in [2.45, 2.75) is 45.1 Å². The fourth-order valence-corrected chi connectivity index (χ4v) is 4.95. The van der Waals surface area contributed by atoms with Gasteiger partial charge in [-0.2, -0.15) is 5.10 Å². The number of alkyl halides is 2. The van der Waals surface area contributed by atoms with E-state index in [1.165, 1.54) is 12.1 Å². The molecule has 0 radical (unpaired) electrons. The summed E-state index contributed by atoms with van der Waals surface area (Å²) >= 11 is 0. The quantitative estimate of drug-likeness (QED) is 0.339. The molecule has 4 aromatic rings. The van der Waals surface area contributed by atoms with Crippen LogP contribution in [0.4, 0.5) is 14.7 Å². The summed E-state index contributed by atoms with van der Waals surface area (Å²) in [6.45, 7) is 5.68. The van der Waals surface area contributed by atoms with Crippen molar-refractivity contribution in [2.75, 3.05) is 18.5 Å². The standard InChI is InChI=1S/C29H31F2N7O3/c1-4-24(39)32-12-11-29(30,31)21-9-8-10-22-25(21)38-13-6-5-7-14-41-27-20(17-33-37(27)3)23-16-19(15-18(2)34-23)26(40)36-28(38)35-22/h4,8-10,15-17H,1,5-7,11-14H2,2-3H3,(H,32,39)(H,35,36,40). The number of nitrogens with zero attached hydrogens (tertiary/aromatic N) is 5. The molecule has 0 saturated carbocycles. The van der Waals surface area contributed by atoms with Gasteiger partial charge in [0.25, 0.3) is 11.8 Å². The SMILES string of the molecule is C=CC(=O)NCCC(F)(F)c1cccc2nc3n(c12)CCCCCOc1c(cnn1C)-c1cc(cc(C)n1)C(=O)N3. The first-order valence-electron chi connectivity index (χ1n) is 13.4. The van der Waals surface area contributed by atoms with Crippen molar-refractivity contribution in [3.05, 3.63) is 66.0 Å². The second kappa shape index (κ2) is 11.5. The van der Waals surface area contributed by atoms with Gasteiger partial charge in [-0.05, 0) is 50.5 Å². The van der Waals surface area contributed by atoms with Gasteiger partial charge in [-0.1, -0.05) is 18.7 Å². The van der Waals surface area contributed by atoms with Gasteiger partial charge in [0, 0.05) is 43.4 Å². The highest BCUT2D eigenvalue weighted by molar-refractivity contribution is 6.05. The van der Waals surface area contributed by atoms with Crippen molar-refractivity contribution in [2.24, 2.45) is 7.05 Å². The van der Waals surface area contributed by atoms with Gasteiger partial charge < -0.3 is 14.6 Å². The number of hydrogen-bond acceptors (Lipinski definition) is 6. The molecule has 0 saturated heterocycles. The minimum absolute atomic E-state index is 0.178. The van der Waals surface area contributed by atoms with Crippen molar-refractivity contribution >= 4 is 28.8 Å². The molecule has 5 rings (SSSR count). The van der Waals surface area contributed by atoms with Gasteiger partial charge in [-0.15, -0.1) is 0 Å². The van der Waals surface area contributed by atoms with Crippen LogP contribution < -0.4 is 15.4 Å². The molecule has 2 amide bonds. The van der Waals surface area contributed by atoms with E-state index in [9.17, 15) is 9.59 Å². The number of anilines is 1. The van der Waals surface area contributed by atoms with Gasteiger partial charge in [-0.25, -0.2) is 18.4 Å². The van der Waals surface area contributed by atoms with E-state index in [2.05, 4.69) is 32.3 Å². The number of rotatable bonds is 5. The van der Waals surface area contributed by atoms with Gasteiger partial charge in [0.1, 0.15) is 0 Å². The van der Waals surface area contributed by atoms with Gasteiger partial charge in [-0.3, -0.25) is 19.9 Å². The van der Waals surface area contributed by atoms with Crippen molar-refractivity contribution in [3.63, 3.8) is 0 Å². The van der Waals surface area contributed by atoms with Crippen LogP contribution in [0.5, 0.6) is 5.88 Å². The van der Waals surface area contributed by atoms with Crippen LogP contribution >= 0.6 is 0 Å². The van der Waals surface area contributed by atoms with Gasteiger partial charge >= 0.3 is 0 Å². The monoisotopic (exact) mass is 563 g/mol. The molecule has 0 fully saturated rings. The number of ether oxygens (including phenoxy) is 1. The highest BCUT2D eigenvalue weighted by Crippen LogP contribution is 2.38. The molecule has 4 heterocycles. The van der Waals surface area contributed by atoms with Crippen LogP contribution in [0.3, 0.4) is 0 Å². The number of carbonyl (C=O) groups is 2. The Balaban J connectivity index is 1.55. The Labute approximate surface area is 235 Å². The number of carbonyl (C=O) groups excluding carboxylic acids is 2. The maximum Gasteiger partial charge on any atom is 0.277 e. The van der Waals surface area contributed by atoms with Crippen LogP contribution in [0.15, 0.2) is 49.2 Å². The summed E-state index contributed by atoms with van der Waals surface area (Å²) in [6.07, 6.45) is 4.19. The molecule has 10 nitrogen and oxygen atoms in total. The Morgan fingerprint density at radius 3 is 2.88 bits per heavy atom. The molecule has 2 bridgehead atoms. The van der Waals surface area contributed by atoms with Crippen molar-refractivity contribution < 1.29 is 23.1 Å². The van der Waals surface area contributed by atoms with E-state index in [1.54, 1.807) is 47.6 Å². The molecular weight excluding hydrogens is 532 g/mol. The number of aromatic nitrogens is 5. The lowest BCUT2D eigenvalue weighted by molar-refractivity contribution is -0.116. The third-order valence-electron chi connectivity index (χ3n) is 6.95. The molecule has 1 aromatic carbocycles. The van der Waals surface area contributed by atoms with E-state index in [1.807, 2.05) is 0 Å². The van der Waals surface area contributed by atoms with Crippen LogP contribution in [0.2, 0.25) is 0 Å². The number of amides is 2. The average Bonchev–Trinajstić information content (AvgIpc) is 3.48. The molecule has 41 heavy (non-hydrogen) atoms. The van der Waals surface area contributed by atoms with Gasteiger partial charge in [0.15, 0.2) is 0 Å². The van der Waals surface area contributed by atoms with Crippen molar-refractivity contribution in [1.82, 2.24) is 29.6 Å². The zero-order valence-corrected chi connectivity index (χ0v) is 22.9. The number of pyridine rings is 1. The van der Waals surface area contributed by atoms with E-state index in [-0.39, 0.29) is 23.6 Å². The van der Waals surface area contributed by atoms with E-state index >= 15 is 8.78 Å². The van der Waals surface area contributed by atoms with Crippen LogP contribution in [-0.2, 0) is 24.3 Å². The summed E-state index contributed by atoms with van der Waals surface area (Å²) in [5.41, 5.74) is 2.51. The summed E-state index contributed by atoms with van der Waals surface area (Å²) in [4.78, 5) is 34.1. The minimum Gasteiger partial charge on any atom is -0.477 e. The smallest absolute Gasteiger partial charge is 0.277 e. The predicted octanol–water partition coefficient (Wildman–Crippen LogP) is 4.74. The summed E-state index contributed by atoms with van der Waals surface area (Å²) in [5.74, 6) is -3.50. The normalized spacial score (nSPS) is 14.2. The van der Waals surface area contributed by atoms with E-state index in [0.29, 0.717) is 53.5 Å². The Hall–Kier alpha value is -4.61. The molecule has 0 unspecified atom stereocenters. The molecule has 0 atom stereocenters. The molecule has 214 valence electrons. The molecule has 1 aliphatic rings. The lowest BCUT2D eigenvalue weighted by Gasteiger charge is -2.19. The van der Waals surface area contributed by atoms with E-state index in [4.69, 9.17) is 4.74 Å². The third kappa shape index (κ3) is 5.81. The Morgan fingerprint density at radius 1 is 1.24 bits per heavy atom. The van der Waals surface area contributed by atoms with Crippen LogP contribution in [0.25, 0.3) is 22.3 Å². The van der Waals surface area contributed by atoms with Gasteiger partial charge in [0.05, 0.1) is 35.1 Å². The summed E-state index contributed by atoms with van der Waals surface area (Å²) in [5, 5.41) is 9.57. The first-order valence-corrected chi connectivity index (χ1v) is 13.4. The molecule has 2 N–H and O–H groups in total. The maximum absolute atomic E-state index is 15.5. The molecule has 0 spiro atoms. The number of imidazole rings is 1. The number of nitrogens with one attached hydrogen (secondary N) is 2. The highest BCUT2D eigenvalue weighted by atomic mass is 19.3. The lowest BCUT2D eigenvalue weighted by atomic mass is 10.0. The zero-order chi connectivity index (χ0) is 29.1. The number of benzene rings is 1. The predicted molar refractivity (Wildman–Crippen MR) is 150 cm³/mol. The summed E-state index contributed by atoms with van der Waals surface area (Å²) in [7, 11) is 1.78. The Kier molecular flexibility index (Phi) is 7.82. The zero-order valence-electron chi connectivity index (χ0n) is 22.9. The molecule has 3 aromatic heterocycles. The van der Waals surface area contributed by atoms with E-state index < -0.39 is 24.2 Å². The topological polar surface area (TPSA) is 116 Å². The van der Waals surface area contributed by atoms with Crippen LogP contribution in [0.1, 0.15) is 47.3 Å². The Morgan fingerprint density at radius 2 is 2.07 bits per heavy atom. The molecule has 12 heteroatoms. The Bertz CT molecular complexity index is 1630.